The fourth-order valence-corrected chi connectivity index (χ4v) is 6.06. The number of halogens is 2. The van der Waals surface area contributed by atoms with Crippen molar-refractivity contribution in [1.82, 2.24) is 0 Å². The predicted molar refractivity (Wildman–Crippen MR) is 166 cm³/mol. The topological polar surface area (TPSA) is 0 Å². The van der Waals surface area contributed by atoms with Crippen molar-refractivity contribution >= 4 is 8.78 Å². The van der Waals surface area contributed by atoms with Crippen LogP contribution in [-0.2, 0) is 41.5 Å². The number of fused-ring (bicyclic) bond motifs is 3. The summed E-state index contributed by atoms with van der Waals surface area (Å²) < 4.78 is 1.80. The molecule has 0 aromatic heterocycles. The van der Waals surface area contributed by atoms with Gasteiger partial charge in [0.25, 0.3) is 0 Å². The van der Waals surface area contributed by atoms with Gasteiger partial charge in [0.1, 0.15) is 0 Å². The molecular formula is C38H44Cl2Zr-2. The molecule has 0 heterocycles. The van der Waals surface area contributed by atoms with Gasteiger partial charge in [-0.25, -0.2) is 6.08 Å². The first-order chi connectivity index (χ1) is 18.5. The Bertz CT molecular complexity index is 1280. The third-order valence-electron chi connectivity index (χ3n) is 7.79. The number of benzene rings is 3. The van der Waals surface area contributed by atoms with Crippen molar-refractivity contribution < 1.29 is 49.0 Å². The van der Waals surface area contributed by atoms with Crippen LogP contribution in [0.4, 0.5) is 0 Å². The van der Waals surface area contributed by atoms with Crippen molar-refractivity contribution in [3.63, 3.8) is 0 Å². The van der Waals surface area contributed by atoms with Gasteiger partial charge >= 0.3 is 59.5 Å². The Balaban J connectivity index is 0.000000246. The fourth-order valence-electron chi connectivity index (χ4n) is 5.19. The Morgan fingerprint density at radius 3 is 1.90 bits per heavy atom. The second-order valence-corrected chi connectivity index (χ2v) is 14.8. The van der Waals surface area contributed by atoms with Gasteiger partial charge in [0.15, 0.2) is 0 Å². The van der Waals surface area contributed by atoms with Crippen LogP contribution in [0.5, 0.6) is 0 Å². The van der Waals surface area contributed by atoms with Gasteiger partial charge in [-0.3, -0.25) is 6.08 Å². The molecule has 0 nitrogen and oxygen atoms in total. The maximum absolute atomic E-state index is 3.53. The summed E-state index contributed by atoms with van der Waals surface area (Å²) in [7, 11) is 0. The SMILES string of the molecule is CC(C)(C)c1c[c-]c2c(c1)-c1cc(C(C)(C)C)ccc1C2.[C-]1=CC(c2ccccc2)=CC1.[Cl-].[Cl-].[Zr+2]=[C]1CCCCC1. The molecule has 0 spiro atoms. The molecule has 3 aliphatic rings. The molecule has 3 aromatic carbocycles. The van der Waals surface area contributed by atoms with Crippen LogP contribution in [0, 0.1) is 12.1 Å². The Morgan fingerprint density at radius 2 is 1.37 bits per heavy atom. The summed E-state index contributed by atoms with van der Waals surface area (Å²) in [6, 6.07) is 25.5. The molecule has 0 N–H and O–H groups in total. The van der Waals surface area contributed by atoms with Gasteiger partial charge < -0.3 is 24.8 Å². The summed E-state index contributed by atoms with van der Waals surface area (Å²) in [6.45, 7) is 13.6. The van der Waals surface area contributed by atoms with Crippen LogP contribution in [0.25, 0.3) is 16.7 Å². The minimum absolute atomic E-state index is 0. The van der Waals surface area contributed by atoms with E-state index in [4.69, 9.17) is 0 Å². The zero-order chi connectivity index (χ0) is 28.0. The molecule has 216 valence electrons. The molecule has 0 atom stereocenters. The monoisotopic (exact) mass is 660 g/mol. The minimum atomic E-state index is 0. The van der Waals surface area contributed by atoms with Gasteiger partial charge in [0.05, 0.1) is 0 Å². The third kappa shape index (κ3) is 10.0. The first kappa shape index (κ1) is 35.7. The Kier molecular flexibility index (Phi) is 13.7. The van der Waals surface area contributed by atoms with Crippen molar-refractivity contribution in [3.8, 4) is 11.1 Å². The summed E-state index contributed by atoms with van der Waals surface area (Å²) in [6.07, 6.45) is 16.7. The van der Waals surface area contributed by atoms with Crippen LogP contribution in [0.1, 0.15) is 108 Å². The standard InChI is InChI=1S/C21H25.C11H9.C6H10.2ClH.Zr/c1-20(2,3)16-9-7-14-11-15-8-10-17(21(4,5)6)13-19(15)18(14)12-16;1-2-6-10(7-3-1)11-8-4-5-9-11;1-2-4-6-5-3-1;;;/h7,9-10,12-13H,11H2,1-6H3;1-3,6-9H,4H2;1-5H2;2*1H;/q2*-1;;;;+2/p-2. The zero-order valence-electron chi connectivity index (χ0n) is 25.6. The van der Waals surface area contributed by atoms with E-state index in [0.29, 0.717) is 0 Å². The molecule has 0 saturated heterocycles. The van der Waals surface area contributed by atoms with Crippen LogP contribution in [0.3, 0.4) is 0 Å². The molecule has 3 aromatic rings. The average molecular weight is 663 g/mol. The number of allylic oxidation sites excluding steroid dienone is 4. The van der Waals surface area contributed by atoms with Crippen LogP contribution >= 0.6 is 0 Å². The van der Waals surface area contributed by atoms with E-state index in [2.05, 4.69) is 120 Å². The molecular weight excluding hydrogens is 619 g/mol. The van der Waals surface area contributed by atoms with Gasteiger partial charge in [-0.15, -0.1) is 17.5 Å². The van der Waals surface area contributed by atoms with Gasteiger partial charge in [0.2, 0.25) is 0 Å². The Morgan fingerprint density at radius 1 is 0.732 bits per heavy atom. The molecule has 0 unspecified atom stereocenters. The molecule has 3 aliphatic carbocycles. The molecule has 0 amide bonds. The van der Waals surface area contributed by atoms with Gasteiger partial charge in [-0.05, 0) is 17.4 Å². The van der Waals surface area contributed by atoms with E-state index in [0.717, 1.165) is 12.8 Å². The van der Waals surface area contributed by atoms with E-state index < -0.39 is 0 Å². The van der Waals surface area contributed by atoms with Crippen LogP contribution in [0.2, 0.25) is 0 Å². The van der Waals surface area contributed by atoms with E-state index in [1.165, 1.54) is 76.6 Å². The number of hydrogen-bond donors (Lipinski definition) is 0. The van der Waals surface area contributed by atoms with Crippen LogP contribution in [-0.4, -0.2) is 3.21 Å². The Labute approximate surface area is 277 Å². The summed E-state index contributed by atoms with van der Waals surface area (Å²) in [5.41, 5.74) is 11.3. The first-order valence-electron chi connectivity index (χ1n) is 14.6. The average Bonchev–Trinajstić information content (AvgIpc) is 3.57. The van der Waals surface area contributed by atoms with E-state index >= 15 is 0 Å². The Hall–Kier alpha value is -1.53. The van der Waals surface area contributed by atoms with E-state index in [1.807, 2.05) is 6.07 Å². The third-order valence-corrected chi connectivity index (χ3v) is 9.02. The van der Waals surface area contributed by atoms with E-state index in [9.17, 15) is 0 Å². The van der Waals surface area contributed by atoms with Crippen molar-refractivity contribution in [1.29, 1.82) is 0 Å². The van der Waals surface area contributed by atoms with E-state index in [1.54, 1.807) is 27.4 Å². The number of hydrogen-bond acceptors (Lipinski definition) is 0. The van der Waals surface area contributed by atoms with Crippen molar-refractivity contribution in [2.75, 3.05) is 0 Å². The van der Waals surface area contributed by atoms with Crippen LogP contribution < -0.4 is 24.8 Å². The quantitative estimate of drug-likeness (QED) is 0.269. The molecule has 1 saturated carbocycles. The summed E-state index contributed by atoms with van der Waals surface area (Å²) in [5, 5.41) is 0. The van der Waals surface area contributed by atoms with Gasteiger partial charge in [-0.1, -0.05) is 107 Å². The first-order valence-corrected chi connectivity index (χ1v) is 15.8. The normalized spacial score (nSPS) is 15.1. The second-order valence-electron chi connectivity index (χ2n) is 13.1. The zero-order valence-corrected chi connectivity index (χ0v) is 29.6. The molecule has 3 heteroatoms. The molecule has 1 fully saturated rings. The predicted octanol–water partition coefficient (Wildman–Crippen LogP) is 4.16. The fraction of sp³-hybridized carbons (Fsp3) is 0.395. The molecule has 0 radical (unpaired) electrons. The molecule has 0 bridgehead atoms. The summed E-state index contributed by atoms with van der Waals surface area (Å²) >= 11 is 1.69. The van der Waals surface area contributed by atoms with Gasteiger partial charge in [-0.2, -0.15) is 41.0 Å². The van der Waals surface area contributed by atoms with Crippen molar-refractivity contribution in [2.24, 2.45) is 0 Å². The van der Waals surface area contributed by atoms with Gasteiger partial charge in [0, 0.05) is 0 Å². The van der Waals surface area contributed by atoms with Crippen LogP contribution in [0.15, 0.2) is 72.8 Å². The van der Waals surface area contributed by atoms with Crippen molar-refractivity contribution in [2.45, 2.75) is 97.3 Å². The summed E-state index contributed by atoms with van der Waals surface area (Å²) in [5.74, 6) is 0. The van der Waals surface area contributed by atoms with Crippen molar-refractivity contribution in [3.05, 3.63) is 113 Å². The summed E-state index contributed by atoms with van der Waals surface area (Å²) in [4.78, 5) is 0. The van der Waals surface area contributed by atoms with E-state index in [-0.39, 0.29) is 35.6 Å². The molecule has 6 rings (SSSR count). The maximum atomic E-state index is 3.53. The molecule has 41 heavy (non-hydrogen) atoms. The molecule has 0 aliphatic heterocycles. The number of rotatable bonds is 1. The second kappa shape index (κ2) is 15.8.